The van der Waals surface area contributed by atoms with E-state index < -0.39 is 0 Å². The molecule has 0 radical (unpaired) electrons. The number of nitriles is 1. The first-order valence-corrected chi connectivity index (χ1v) is 3.16. The van der Waals surface area contributed by atoms with Gasteiger partial charge in [0.15, 0.2) is 0 Å². The molecule has 0 aliphatic carbocycles. The third-order valence-electron chi connectivity index (χ3n) is 1.43. The summed E-state index contributed by atoms with van der Waals surface area (Å²) in [4.78, 5) is 1.71. The quantitative estimate of drug-likeness (QED) is 0.374. The summed E-state index contributed by atoms with van der Waals surface area (Å²) in [6.45, 7) is 2.60. The maximum Gasteiger partial charge on any atom is 0.201 e. The van der Waals surface area contributed by atoms with E-state index in [4.69, 9.17) is 15.4 Å². The van der Waals surface area contributed by atoms with Gasteiger partial charge in [-0.1, -0.05) is 0 Å². The van der Waals surface area contributed by atoms with Crippen LogP contribution >= 0.6 is 0 Å². The molecule has 4 heteroatoms. The van der Waals surface area contributed by atoms with Gasteiger partial charge in [0.25, 0.3) is 0 Å². The molecule has 0 atom stereocenters. The largest absolute Gasteiger partial charge is 0.378 e. The Morgan fingerprint density at radius 2 is 2.10 bits per heavy atom. The molecule has 1 aliphatic heterocycles. The van der Waals surface area contributed by atoms with Crippen LogP contribution in [-0.4, -0.2) is 37.0 Å². The standard InChI is InChI=1S/C6H9N3O/c7-5-6(8)9-1-3-10-4-2-9/h8H,1-4H2. The molecule has 54 valence electrons. The lowest BCUT2D eigenvalue weighted by molar-refractivity contribution is 0.0683. The zero-order valence-corrected chi connectivity index (χ0v) is 5.63. The van der Waals surface area contributed by atoms with E-state index in [2.05, 4.69) is 0 Å². The highest BCUT2D eigenvalue weighted by Crippen LogP contribution is 1.95. The molecule has 1 saturated heterocycles. The molecule has 0 bridgehead atoms. The molecule has 0 aromatic rings. The van der Waals surface area contributed by atoms with E-state index in [-0.39, 0.29) is 5.84 Å². The minimum absolute atomic E-state index is 0.0447. The fourth-order valence-corrected chi connectivity index (χ4v) is 0.858. The second kappa shape index (κ2) is 3.18. The molecule has 0 spiro atoms. The fourth-order valence-electron chi connectivity index (χ4n) is 0.858. The number of nitrogens with zero attached hydrogens (tertiary/aromatic N) is 2. The highest BCUT2D eigenvalue weighted by atomic mass is 16.5. The lowest BCUT2D eigenvalue weighted by atomic mass is 10.4. The van der Waals surface area contributed by atoms with Crippen LogP contribution in [0.5, 0.6) is 0 Å². The normalized spacial score (nSPS) is 18.1. The van der Waals surface area contributed by atoms with E-state index >= 15 is 0 Å². The van der Waals surface area contributed by atoms with Gasteiger partial charge >= 0.3 is 0 Å². The van der Waals surface area contributed by atoms with E-state index in [9.17, 15) is 0 Å². The maximum atomic E-state index is 8.33. The van der Waals surface area contributed by atoms with Crippen LogP contribution in [0.25, 0.3) is 0 Å². The van der Waals surface area contributed by atoms with Crippen molar-refractivity contribution in [3.8, 4) is 6.07 Å². The Balaban J connectivity index is 2.40. The minimum Gasteiger partial charge on any atom is -0.378 e. The molecule has 1 fully saturated rings. The Bertz CT molecular complexity index is 166. The summed E-state index contributed by atoms with van der Waals surface area (Å²) in [6.07, 6.45) is 0. The van der Waals surface area contributed by atoms with Crippen LogP contribution in [0.4, 0.5) is 0 Å². The highest BCUT2D eigenvalue weighted by molar-refractivity contribution is 5.93. The molecule has 1 rings (SSSR count). The fraction of sp³-hybridized carbons (Fsp3) is 0.667. The van der Waals surface area contributed by atoms with Crippen LogP contribution in [0.3, 0.4) is 0 Å². The topological polar surface area (TPSA) is 60.1 Å². The highest BCUT2D eigenvalue weighted by Gasteiger charge is 2.12. The van der Waals surface area contributed by atoms with E-state index in [1.54, 1.807) is 11.0 Å². The first-order chi connectivity index (χ1) is 4.84. The lowest BCUT2D eigenvalue weighted by Gasteiger charge is -2.25. The van der Waals surface area contributed by atoms with Gasteiger partial charge in [0.05, 0.1) is 13.2 Å². The van der Waals surface area contributed by atoms with Crippen LogP contribution in [0.15, 0.2) is 0 Å². The number of ether oxygens (including phenoxy) is 1. The maximum absolute atomic E-state index is 8.33. The Morgan fingerprint density at radius 1 is 1.50 bits per heavy atom. The van der Waals surface area contributed by atoms with Crippen molar-refractivity contribution < 1.29 is 4.74 Å². The van der Waals surface area contributed by atoms with Gasteiger partial charge in [-0.3, -0.25) is 5.41 Å². The number of hydrogen-bond acceptors (Lipinski definition) is 3. The van der Waals surface area contributed by atoms with Gasteiger partial charge in [0.2, 0.25) is 5.84 Å². The van der Waals surface area contributed by atoms with Gasteiger partial charge in [-0.25, -0.2) is 0 Å². The summed E-state index contributed by atoms with van der Waals surface area (Å²) in [5, 5.41) is 15.5. The van der Waals surface area contributed by atoms with Gasteiger partial charge < -0.3 is 9.64 Å². The van der Waals surface area contributed by atoms with Crippen molar-refractivity contribution in [2.75, 3.05) is 26.3 Å². The average molecular weight is 139 g/mol. The van der Waals surface area contributed by atoms with E-state index in [0.717, 1.165) is 0 Å². The average Bonchev–Trinajstić information content (AvgIpc) is 2.05. The SMILES string of the molecule is N#CC(=N)N1CCOCC1. The number of amidine groups is 1. The van der Waals surface area contributed by atoms with E-state index in [0.29, 0.717) is 26.3 Å². The van der Waals surface area contributed by atoms with Crippen LogP contribution in [-0.2, 0) is 4.74 Å². The molecule has 1 heterocycles. The molecule has 1 aliphatic rings. The summed E-state index contributed by atoms with van der Waals surface area (Å²) >= 11 is 0. The van der Waals surface area contributed by atoms with E-state index in [1.807, 2.05) is 0 Å². The van der Waals surface area contributed by atoms with Crippen molar-refractivity contribution in [1.82, 2.24) is 4.90 Å². The van der Waals surface area contributed by atoms with E-state index in [1.165, 1.54) is 0 Å². The van der Waals surface area contributed by atoms with Gasteiger partial charge in [0, 0.05) is 13.1 Å². The van der Waals surface area contributed by atoms with Crippen molar-refractivity contribution in [2.45, 2.75) is 0 Å². The minimum atomic E-state index is 0.0447. The van der Waals surface area contributed by atoms with Crippen LogP contribution < -0.4 is 0 Å². The van der Waals surface area contributed by atoms with Crippen molar-refractivity contribution in [3.63, 3.8) is 0 Å². The first-order valence-electron chi connectivity index (χ1n) is 3.16. The molecule has 0 unspecified atom stereocenters. The summed E-state index contributed by atoms with van der Waals surface area (Å²) in [5.41, 5.74) is 0. The van der Waals surface area contributed by atoms with Gasteiger partial charge in [-0.2, -0.15) is 5.26 Å². The Morgan fingerprint density at radius 3 is 2.60 bits per heavy atom. The third kappa shape index (κ3) is 1.45. The van der Waals surface area contributed by atoms with Gasteiger partial charge in [-0.15, -0.1) is 0 Å². The van der Waals surface area contributed by atoms with Gasteiger partial charge in [-0.05, 0) is 0 Å². The van der Waals surface area contributed by atoms with Crippen LogP contribution in [0.2, 0.25) is 0 Å². The number of nitrogens with one attached hydrogen (secondary N) is 1. The molecule has 1 N–H and O–H groups in total. The van der Waals surface area contributed by atoms with Crippen molar-refractivity contribution in [3.05, 3.63) is 0 Å². The predicted molar refractivity (Wildman–Crippen MR) is 35.7 cm³/mol. The molecule has 0 aromatic carbocycles. The van der Waals surface area contributed by atoms with Crippen molar-refractivity contribution >= 4 is 5.84 Å². The van der Waals surface area contributed by atoms with Gasteiger partial charge in [0.1, 0.15) is 6.07 Å². The van der Waals surface area contributed by atoms with Crippen molar-refractivity contribution in [2.24, 2.45) is 0 Å². The molecule has 0 saturated carbocycles. The second-order valence-electron chi connectivity index (χ2n) is 2.06. The lowest BCUT2D eigenvalue weighted by Crippen LogP contribution is -2.39. The number of morpholine rings is 1. The summed E-state index contributed by atoms with van der Waals surface area (Å²) in [5.74, 6) is 0.0447. The van der Waals surface area contributed by atoms with Crippen LogP contribution in [0, 0.1) is 16.7 Å². The first kappa shape index (κ1) is 7.03. The Kier molecular flexibility index (Phi) is 2.24. The zero-order chi connectivity index (χ0) is 7.40. The predicted octanol–water partition coefficient (Wildman–Crippen LogP) is -0.181. The zero-order valence-electron chi connectivity index (χ0n) is 5.63. The summed E-state index contributed by atoms with van der Waals surface area (Å²) in [7, 11) is 0. The molecular weight excluding hydrogens is 130 g/mol. The molecule has 0 aromatic heterocycles. The number of hydrogen-bond donors (Lipinski definition) is 1. The summed E-state index contributed by atoms with van der Waals surface area (Å²) in [6, 6.07) is 1.79. The Labute approximate surface area is 59.5 Å². The Hall–Kier alpha value is -1.08. The summed E-state index contributed by atoms with van der Waals surface area (Å²) < 4.78 is 5.05. The molecule has 4 nitrogen and oxygen atoms in total. The van der Waals surface area contributed by atoms with Crippen LogP contribution in [0.1, 0.15) is 0 Å². The smallest absolute Gasteiger partial charge is 0.201 e. The molecule has 0 amide bonds. The van der Waals surface area contributed by atoms with Crippen molar-refractivity contribution in [1.29, 1.82) is 10.7 Å². The third-order valence-corrected chi connectivity index (χ3v) is 1.43. The second-order valence-corrected chi connectivity index (χ2v) is 2.06. The number of rotatable bonds is 0. The molecular formula is C6H9N3O. The monoisotopic (exact) mass is 139 g/mol. The molecule has 10 heavy (non-hydrogen) atoms.